The molecule has 2 aromatic carbocycles. The van der Waals surface area contributed by atoms with Gasteiger partial charge in [-0.1, -0.05) is 91.8 Å². The van der Waals surface area contributed by atoms with Crippen molar-refractivity contribution in [2.75, 3.05) is 9.13 Å². The second kappa shape index (κ2) is 8.79. The normalized spacial score (nSPS) is 14.3. The van der Waals surface area contributed by atoms with Gasteiger partial charge in [0.15, 0.2) is 0 Å². The van der Waals surface area contributed by atoms with Crippen molar-refractivity contribution in [1.82, 2.24) is 0 Å². The van der Waals surface area contributed by atoms with E-state index in [0.717, 1.165) is 0 Å². The number of hydrogen-bond donors (Lipinski definition) is 0. The first kappa shape index (κ1) is 21.7. The van der Waals surface area contributed by atoms with Gasteiger partial charge in [0, 0.05) is 23.8 Å². The van der Waals surface area contributed by atoms with Gasteiger partial charge in [-0.15, -0.1) is 0 Å². The van der Waals surface area contributed by atoms with Crippen LogP contribution in [-0.4, -0.2) is 9.84 Å². The average Bonchev–Trinajstić information content (AvgIpc) is 3.15. The second-order valence-electron chi connectivity index (χ2n) is 9.33. The van der Waals surface area contributed by atoms with Crippen LogP contribution in [0.2, 0.25) is 0 Å². The largest absolute Gasteiger partial charge is 0.354 e. The van der Waals surface area contributed by atoms with Gasteiger partial charge in [0.05, 0.1) is 0 Å². The van der Waals surface area contributed by atoms with Gasteiger partial charge in [0.2, 0.25) is 0 Å². The molecule has 2 radical (unpaired) electrons. The number of para-hydroxylation sites is 2. The zero-order valence-corrected chi connectivity index (χ0v) is 20.3. The highest BCUT2D eigenvalue weighted by molar-refractivity contribution is 6.50. The molecular formula is C26H36N2Si. The zero-order valence-electron chi connectivity index (χ0n) is 19.3. The number of benzene rings is 2. The van der Waals surface area contributed by atoms with E-state index in [1.54, 1.807) is 0 Å². The van der Waals surface area contributed by atoms with Crippen LogP contribution in [0, 0.1) is 0 Å². The fourth-order valence-corrected chi connectivity index (χ4v) is 5.36. The van der Waals surface area contributed by atoms with Crippen LogP contribution in [0.1, 0.15) is 101 Å². The van der Waals surface area contributed by atoms with Crippen molar-refractivity contribution in [3.05, 3.63) is 71.1 Å². The van der Waals surface area contributed by atoms with Gasteiger partial charge in [-0.2, -0.15) is 0 Å². The minimum atomic E-state index is 0.505. The van der Waals surface area contributed by atoms with Gasteiger partial charge < -0.3 is 9.13 Å². The number of anilines is 2. The summed E-state index contributed by atoms with van der Waals surface area (Å²) < 4.78 is 4.96. The van der Waals surface area contributed by atoms with Crippen molar-refractivity contribution in [3.8, 4) is 0 Å². The molecule has 0 spiro atoms. The summed E-state index contributed by atoms with van der Waals surface area (Å²) in [6.07, 6.45) is 4.57. The van der Waals surface area contributed by atoms with Crippen molar-refractivity contribution in [2.24, 2.45) is 0 Å². The van der Waals surface area contributed by atoms with Crippen LogP contribution in [-0.2, 0) is 0 Å². The van der Waals surface area contributed by atoms with Crippen LogP contribution < -0.4 is 9.13 Å². The van der Waals surface area contributed by atoms with Crippen LogP contribution in [0.15, 0.2) is 48.8 Å². The summed E-state index contributed by atoms with van der Waals surface area (Å²) in [6.45, 7) is 18.4. The predicted octanol–water partition coefficient (Wildman–Crippen LogP) is 7.51. The molecule has 1 aliphatic heterocycles. The Morgan fingerprint density at radius 3 is 1.03 bits per heavy atom. The fraction of sp³-hybridized carbons (Fsp3) is 0.462. The smallest absolute Gasteiger partial charge is 0.341 e. The van der Waals surface area contributed by atoms with Crippen LogP contribution in [0.25, 0.3) is 0 Å². The van der Waals surface area contributed by atoms with E-state index in [1.165, 1.54) is 33.6 Å². The van der Waals surface area contributed by atoms with Gasteiger partial charge >= 0.3 is 9.84 Å². The predicted molar refractivity (Wildman–Crippen MR) is 129 cm³/mol. The van der Waals surface area contributed by atoms with Crippen molar-refractivity contribution in [2.45, 2.75) is 79.1 Å². The molecule has 1 heterocycles. The Morgan fingerprint density at radius 2 is 0.793 bits per heavy atom. The van der Waals surface area contributed by atoms with Gasteiger partial charge in [-0.25, -0.2) is 0 Å². The molecule has 3 rings (SSSR count). The highest BCUT2D eigenvalue weighted by Crippen LogP contribution is 2.40. The molecule has 2 nitrogen and oxygen atoms in total. The van der Waals surface area contributed by atoms with Gasteiger partial charge in [-0.3, -0.25) is 0 Å². The molecule has 0 aromatic heterocycles. The maximum absolute atomic E-state index is 2.48. The first-order chi connectivity index (χ1) is 13.7. The molecule has 0 fully saturated rings. The van der Waals surface area contributed by atoms with E-state index in [0.29, 0.717) is 33.5 Å². The quantitative estimate of drug-likeness (QED) is 0.460. The van der Waals surface area contributed by atoms with Crippen LogP contribution in [0.5, 0.6) is 0 Å². The Balaban J connectivity index is 2.05. The third-order valence-electron chi connectivity index (χ3n) is 5.75. The van der Waals surface area contributed by atoms with Crippen LogP contribution in [0.4, 0.5) is 11.4 Å². The Hall–Kier alpha value is -2.00. The third-order valence-corrected chi connectivity index (χ3v) is 6.92. The lowest BCUT2D eigenvalue weighted by Crippen LogP contribution is -2.32. The van der Waals surface area contributed by atoms with Crippen molar-refractivity contribution in [1.29, 1.82) is 0 Å². The van der Waals surface area contributed by atoms with Crippen molar-refractivity contribution in [3.63, 3.8) is 0 Å². The monoisotopic (exact) mass is 404 g/mol. The molecule has 0 saturated carbocycles. The summed E-state index contributed by atoms with van der Waals surface area (Å²) in [7, 11) is 0.558. The van der Waals surface area contributed by atoms with E-state index < -0.39 is 0 Å². The minimum absolute atomic E-state index is 0.505. The molecule has 1 aliphatic rings. The average molecular weight is 405 g/mol. The van der Waals surface area contributed by atoms with E-state index >= 15 is 0 Å². The minimum Gasteiger partial charge on any atom is -0.354 e. The summed E-state index contributed by atoms with van der Waals surface area (Å²) in [6, 6.07) is 13.6. The Labute approximate surface area is 180 Å². The first-order valence-corrected chi connectivity index (χ1v) is 11.9. The molecule has 0 saturated heterocycles. The number of rotatable bonds is 6. The van der Waals surface area contributed by atoms with E-state index in [2.05, 4.69) is 113 Å². The summed E-state index contributed by atoms with van der Waals surface area (Å²) >= 11 is 0. The lowest BCUT2D eigenvalue weighted by atomic mass is 9.92. The maximum Gasteiger partial charge on any atom is 0.341 e. The Bertz CT molecular complexity index is 756. The SMILES string of the molecule is CC(C)c1cccc(C(C)C)c1N1C=CN(c2c(C(C)C)cccc2C(C)C)[Si]1. The van der Waals surface area contributed by atoms with Gasteiger partial charge in [0.25, 0.3) is 0 Å². The molecule has 154 valence electrons. The van der Waals surface area contributed by atoms with E-state index in [4.69, 9.17) is 0 Å². The molecule has 0 N–H and O–H groups in total. The summed E-state index contributed by atoms with van der Waals surface area (Å²) in [5.74, 6) is 2.02. The summed E-state index contributed by atoms with van der Waals surface area (Å²) in [5.41, 5.74) is 8.58. The Kier molecular flexibility index (Phi) is 6.57. The van der Waals surface area contributed by atoms with Crippen molar-refractivity contribution >= 4 is 21.2 Å². The summed E-state index contributed by atoms with van der Waals surface area (Å²) in [4.78, 5) is 0. The molecule has 0 amide bonds. The molecular weight excluding hydrogens is 368 g/mol. The highest BCUT2D eigenvalue weighted by Gasteiger charge is 2.27. The number of hydrogen-bond acceptors (Lipinski definition) is 2. The molecule has 0 atom stereocenters. The molecule has 3 heteroatoms. The topological polar surface area (TPSA) is 6.48 Å². The van der Waals surface area contributed by atoms with Crippen LogP contribution in [0.3, 0.4) is 0 Å². The maximum atomic E-state index is 2.48. The van der Waals surface area contributed by atoms with Crippen molar-refractivity contribution < 1.29 is 0 Å². The zero-order chi connectivity index (χ0) is 21.3. The fourth-order valence-electron chi connectivity index (χ4n) is 4.14. The molecule has 0 unspecified atom stereocenters. The molecule has 2 aromatic rings. The molecule has 0 aliphatic carbocycles. The Morgan fingerprint density at radius 1 is 0.517 bits per heavy atom. The highest BCUT2D eigenvalue weighted by atomic mass is 28.2. The van der Waals surface area contributed by atoms with Crippen LogP contribution >= 0.6 is 0 Å². The molecule has 0 bridgehead atoms. The number of nitrogens with zero attached hydrogens (tertiary/aromatic N) is 2. The van der Waals surface area contributed by atoms with E-state index in [-0.39, 0.29) is 0 Å². The first-order valence-electron chi connectivity index (χ1n) is 11.0. The third kappa shape index (κ3) is 4.30. The molecule has 29 heavy (non-hydrogen) atoms. The van der Waals surface area contributed by atoms with E-state index in [1.807, 2.05) is 0 Å². The van der Waals surface area contributed by atoms with Gasteiger partial charge in [-0.05, 0) is 45.9 Å². The second-order valence-corrected chi connectivity index (χ2v) is 10.5. The lowest BCUT2D eigenvalue weighted by Gasteiger charge is -2.29. The van der Waals surface area contributed by atoms with Gasteiger partial charge in [0.1, 0.15) is 0 Å². The summed E-state index contributed by atoms with van der Waals surface area (Å²) in [5, 5.41) is 0. The van der Waals surface area contributed by atoms with E-state index in [9.17, 15) is 0 Å². The lowest BCUT2D eigenvalue weighted by molar-refractivity contribution is 0.832. The standard InChI is InChI=1S/C26H36N2Si/c1-17(2)21-11-9-12-22(18(3)4)25(21)27-15-16-28(29-27)26-23(19(5)6)13-10-14-24(26)20(7)8/h9-20H,1-8H3.